The van der Waals surface area contributed by atoms with Crippen LogP contribution in [-0.2, 0) is 0 Å². The highest BCUT2D eigenvalue weighted by Crippen LogP contribution is 2.27. The molecule has 21 heavy (non-hydrogen) atoms. The maximum absolute atomic E-state index is 12.5. The summed E-state index contributed by atoms with van der Waals surface area (Å²) in [4.78, 5) is 26.9. The molecule has 2 aromatic carbocycles. The van der Waals surface area contributed by atoms with E-state index in [0.29, 0.717) is 21.5 Å². The monoisotopic (exact) mass is 299 g/mol. The number of fused-ring (bicyclic) bond motifs is 1. The van der Waals surface area contributed by atoms with E-state index in [1.807, 2.05) is 0 Å². The number of aromatic nitrogens is 1. The topological polar surface area (TPSA) is 70.2 Å². The summed E-state index contributed by atoms with van der Waals surface area (Å²) < 4.78 is 0. The van der Waals surface area contributed by atoms with Crippen molar-refractivity contribution in [2.75, 3.05) is 0 Å². The first-order valence-electron chi connectivity index (χ1n) is 6.22. The molecule has 0 bridgehead atoms. The van der Waals surface area contributed by atoms with Gasteiger partial charge in [-0.2, -0.15) is 0 Å². The number of carboxylic acid groups (broad SMARTS) is 1. The molecule has 0 aliphatic heterocycles. The third-order valence-corrected chi connectivity index (χ3v) is 3.47. The third kappa shape index (κ3) is 2.30. The Kier molecular flexibility index (Phi) is 3.23. The molecule has 3 rings (SSSR count). The van der Waals surface area contributed by atoms with Gasteiger partial charge in [0.25, 0.3) is 0 Å². The molecular weight excluding hydrogens is 290 g/mol. The van der Waals surface area contributed by atoms with E-state index in [4.69, 9.17) is 11.6 Å². The van der Waals surface area contributed by atoms with Crippen LogP contribution in [-0.4, -0.2) is 21.8 Å². The number of ketones is 1. The summed E-state index contributed by atoms with van der Waals surface area (Å²) in [5.74, 6) is -1.52. The molecule has 0 aliphatic carbocycles. The molecule has 0 saturated carbocycles. The largest absolute Gasteiger partial charge is 0.478 e. The number of carboxylic acids is 1. The fraction of sp³-hybridized carbons (Fsp3) is 0. The van der Waals surface area contributed by atoms with Gasteiger partial charge in [-0.1, -0.05) is 41.9 Å². The normalized spacial score (nSPS) is 10.7. The minimum atomic E-state index is -1.16. The third-order valence-electron chi connectivity index (χ3n) is 3.24. The van der Waals surface area contributed by atoms with Gasteiger partial charge in [0, 0.05) is 21.5 Å². The predicted molar refractivity (Wildman–Crippen MR) is 80.1 cm³/mol. The first-order chi connectivity index (χ1) is 10.1. The molecule has 104 valence electrons. The highest BCUT2D eigenvalue weighted by atomic mass is 35.5. The molecule has 0 amide bonds. The average molecular weight is 300 g/mol. The van der Waals surface area contributed by atoms with Crippen molar-refractivity contribution in [3.05, 3.63) is 70.4 Å². The number of carbonyl (C=O) groups excluding carboxylic acids is 1. The second-order valence-electron chi connectivity index (χ2n) is 4.57. The van der Waals surface area contributed by atoms with Crippen LogP contribution in [0.3, 0.4) is 0 Å². The highest BCUT2D eigenvalue weighted by Gasteiger charge is 2.23. The van der Waals surface area contributed by atoms with E-state index in [2.05, 4.69) is 4.98 Å². The number of hydrogen-bond acceptors (Lipinski definition) is 2. The molecule has 4 nitrogen and oxygen atoms in total. The molecule has 0 aliphatic rings. The molecule has 0 saturated heterocycles. The van der Waals surface area contributed by atoms with Gasteiger partial charge in [0.1, 0.15) is 5.69 Å². The first kappa shape index (κ1) is 13.4. The lowest BCUT2D eigenvalue weighted by molar-refractivity contribution is 0.0695. The first-order valence-corrected chi connectivity index (χ1v) is 6.60. The molecule has 0 atom stereocenters. The number of halogens is 1. The van der Waals surface area contributed by atoms with Crippen LogP contribution in [0.4, 0.5) is 0 Å². The summed E-state index contributed by atoms with van der Waals surface area (Å²) in [5, 5.41) is 10.3. The van der Waals surface area contributed by atoms with Crippen molar-refractivity contribution in [3.63, 3.8) is 0 Å². The highest BCUT2D eigenvalue weighted by molar-refractivity contribution is 6.31. The summed E-state index contributed by atoms with van der Waals surface area (Å²) in [6.07, 6.45) is 0. The van der Waals surface area contributed by atoms with E-state index in [1.165, 1.54) is 0 Å². The fourth-order valence-electron chi connectivity index (χ4n) is 2.29. The van der Waals surface area contributed by atoms with E-state index in [0.717, 1.165) is 0 Å². The maximum Gasteiger partial charge on any atom is 0.338 e. The Balaban J connectivity index is 2.25. The molecular formula is C16H10ClNO3. The minimum absolute atomic E-state index is 0.0543. The number of hydrogen-bond donors (Lipinski definition) is 2. The number of nitrogens with one attached hydrogen (secondary N) is 1. The second-order valence-corrected chi connectivity index (χ2v) is 5.00. The average Bonchev–Trinajstić information content (AvgIpc) is 2.86. The smallest absolute Gasteiger partial charge is 0.338 e. The molecule has 0 fully saturated rings. The Labute approximate surface area is 125 Å². The van der Waals surface area contributed by atoms with Crippen LogP contribution in [0.5, 0.6) is 0 Å². The van der Waals surface area contributed by atoms with E-state index in [1.54, 1.807) is 48.5 Å². The van der Waals surface area contributed by atoms with Gasteiger partial charge in [-0.25, -0.2) is 4.79 Å². The van der Waals surface area contributed by atoms with Crippen LogP contribution in [0, 0.1) is 0 Å². The standard InChI is InChI=1S/C16H10ClNO3/c17-10-6-7-12-11(8-10)13(16(20)21)14(18-12)15(19)9-4-2-1-3-5-9/h1-8,18H,(H,20,21). The molecule has 1 heterocycles. The summed E-state index contributed by atoms with van der Waals surface area (Å²) in [6.45, 7) is 0. The Morgan fingerprint density at radius 3 is 2.43 bits per heavy atom. The van der Waals surface area contributed by atoms with Gasteiger partial charge < -0.3 is 10.1 Å². The van der Waals surface area contributed by atoms with Crippen molar-refractivity contribution >= 4 is 34.3 Å². The zero-order chi connectivity index (χ0) is 15.0. The molecule has 0 radical (unpaired) electrons. The Morgan fingerprint density at radius 2 is 1.76 bits per heavy atom. The zero-order valence-electron chi connectivity index (χ0n) is 10.8. The summed E-state index contributed by atoms with van der Waals surface area (Å²) in [6, 6.07) is 13.4. The summed E-state index contributed by atoms with van der Waals surface area (Å²) in [5.41, 5.74) is 1.00. The van der Waals surface area contributed by atoms with E-state index in [9.17, 15) is 14.7 Å². The van der Waals surface area contributed by atoms with Crippen LogP contribution >= 0.6 is 11.6 Å². The molecule has 0 spiro atoms. The fourth-order valence-corrected chi connectivity index (χ4v) is 2.46. The van der Waals surface area contributed by atoms with Crippen LogP contribution in [0.15, 0.2) is 48.5 Å². The second kappa shape index (κ2) is 5.07. The molecule has 5 heteroatoms. The zero-order valence-corrected chi connectivity index (χ0v) is 11.5. The van der Waals surface area contributed by atoms with Gasteiger partial charge >= 0.3 is 5.97 Å². The number of aromatic amines is 1. The van der Waals surface area contributed by atoms with Gasteiger partial charge in [-0.3, -0.25) is 4.79 Å². The van der Waals surface area contributed by atoms with Gasteiger partial charge in [0.2, 0.25) is 5.78 Å². The lowest BCUT2D eigenvalue weighted by Gasteiger charge is -2.00. The quantitative estimate of drug-likeness (QED) is 0.724. The van der Waals surface area contributed by atoms with Crippen LogP contribution in [0.25, 0.3) is 10.9 Å². The van der Waals surface area contributed by atoms with Gasteiger partial charge in [-0.15, -0.1) is 0 Å². The van der Waals surface area contributed by atoms with Crippen molar-refractivity contribution in [2.45, 2.75) is 0 Å². The molecule has 0 unspecified atom stereocenters. The number of rotatable bonds is 3. The summed E-state index contributed by atoms with van der Waals surface area (Å²) >= 11 is 5.91. The lowest BCUT2D eigenvalue weighted by Crippen LogP contribution is -2.08. The lowest BCUT2D eigenvalue weighted by atomic mass is 10.0. The van der Waals surface area contributed by atoms with E-state index in [-0.39, 0.29) is 17.0 Å². The van der Waals surface area contributed by atoms with Crippen molar-refractivity contribution in [3.8, 4) is 0 Å². The Morgan fingerprint density at radius 1 is 1.05 bits per heavy atom. The van der Waals surface area contributed by atoms with Crippen LogP contribution < -0.4 is 0 Å². The molecule has 3 aromatic rings. The van der Waals surface area contributed by atoms with E-state index >= 15 is 0 Å². The number of benzene rings is 2. The van der Waals surface area contributed by atoms with E-state index < -0.39 is 5.97 Å². The number of aromatic carboxylic acids is 1. The van der Waals surface area contributed by atoms with Crippen LogP contribution in [0.2, 0.25) is 5.02 Å². The molecule has 2 N–H and O–H groups in total. The Hall–Kier alpha value is -2.59. The maximum atomic E-state index is 12.5. The van der Waals surface area contributed by atoms with Gasteiger partial charge in [-0.05, 0) is 18.2 Å². The van der Waals surface area contributed by atoms with Crippen molar-refractivity contribution in [2.24, 2.45) is 0 Å². The van der Waals surface area contributed by atoms with Gasteiger partial charge in [0.15, 0.2) is 0 Å². The number of carbonyl (C=O) groups is 2. The van der Waals surface area contributed by atoms with Crippen LogP contribution in [0.1, 0.15) is 26.4 Å². The summed E-state index contributed by atoms with van der Waals surface area (Å²) in [7, 11) is 0. The predicted octanol–water partition coefficient (Wildman–Crippen LogP) is 3.75. The Bertz CT molecular complexity index is 853. The van der Waals surface area contributed by atoms with Crippen molar-refractivity contribution < 1.29 is 14.7 Å². The van der Waals surface area contributed by atoms with Crippen molar-refractivity contribution in [1.82, 2.24) is 4.98 Å². The minimum Gasteiger partial charge on any atom is -0.478 e. The van der Waals surface area contributed by atoms with Crippen molar-refractivity contribution in [1.29, 1.82) is 0 Å². The molecule has 1 aromatic heterocycles. The van der Waals surface area contributed by atoms with Gasteiger partial charge in [0.05, 0.1) is 5.56 Å². The number of H-pyrrole nitrogens is 1. The SMILES string of the molecule is O=C(c1ccccc1)c1[nH]c2ccc(Cl)cc2c1C(=O)O.